The van der Waals surface area contributed by atoms with E-state index in [0.29, 0.717) is 37.1 Å². The van der Waals surface area contributed by atoms with E-state index in [4.69, 9.17) is 9.47 Å². The summed E-state index contributed by atoms with van der Waals surface area (Å²) in [6.07, 6.45) is 10.2. The van der Waals surface area contributed by atoms with Gasteiger partial charge in [0.05, 0.1) is 36.2 Å². The van der Waals surface area contributed by atoms with Crippen LogP contribution in [0.5, 0.6) is 0 Å². The molecule has 6 atom stereocenters. The van der Waals surface area contributed by atoms with Crippen molar-refractivity contribution >= 4 is 50.4 Å². The van der Waals surface area contributed by atoms with Crippen molar-refractivity contribution in [3.05, 3.63) is 43.1 Å². The van der Waals surface area contributed by atoms with Gasteiger partial charge in [-0.15, -0.1) is 6.58 Å². The lowest BCUT2D eigenvalue weighted by molar-refractivity contribution is -0.146. The molecule has 1 aromatic heterocycles. The van der Waals surface area contributed by atoms with Gasteiger partial charge in [0.1, 0.15) is 4.90 Å². The first kappa shape index (κ1) is 42.6. The Bertz CT molecular complexity index is 2190. The summed E-state index contributed by atoms with van der Waals surface area (Å²) in [5, 5.41) is 3.57. The molecular weight excluding hydrogens is 785 g/mol. The second-order valence-electron chi connectivity index (χ2n) is 20.5. The quantitative estimate of drug-likeness (QED) is 0.176. The zero-order valence-electron chi connectivity index (χ0n) is 35.8. The van der Waals surface area contributed by atoms with Gasteiger partial charge in [-0.05, 0) is 78.7 Å². The molecular formula is C46H62N4O9S. The molecule has 0 bridgehead atoms. The summed E-state index contributed by atoms with van der Waals surface area (Å²) >= 11 is 0. The van der Waals surface area contributed by atoms with E-state index >= 15 is 4.79 Å². The van der Waals surface area contributed by atoms with Crippen LogP contribution in [0.15, 0.2) is 48.0 Å². The number of ketones is 2. The molecule has 2 aliphatic heterocycles. The minimum absolute atomic E-state index is 0.00630. The van der Waals surface area contributed by atoms with Gasteiger partial charge in [0.25, 0.3) is 10.0 Å². The van der Waals surface area contributed by atoms with E-state index in [-0.39, 0.29) is 69.9 Å². The van der Waals surface area contributed by atoms with E-state index < -0.39 is 56.8 Å². The number of nitrogens with zero attached hydrogens (tertiary/aromatic N) is 1. The number of amides is 3. The molecule has 4 aliphatic carbocycles. The van der Waals surface area contributed by atoms with Crippen LogP contribution in [-0.2, 0) is 38.7 Å². The molecule has 6 aliphatic rings. The number of hydrogen-bond acceptors (Lipinski definition) is 9. The summed E-state index contributed by atoms with van der Waals surface area (Å²) in [4.78, 5) is 76.6. The molecule has 60 heavy (non-hydrogen) atoms. The number of aromatic amines is 1. The van der Waals surface area contributed by atoms with Gasteiger partial charge in [0.2, 0.25) is 11.8 Å². The van der Waals surface area contributed by atoms with E-state index in [1.807, 2.05) is 20.8 Å². The first-order valence-electron chi connectivity index (χ1n) is 22.0. The topological polar surface area (TPSA) is 181 Å². The zero-order valence-corrected chi connectivity index (χ0v) is 36.6. The summed E-state index contributed by atoms with van der Waals surface area (Å²) < 4.78 is 40.4. The van der Waals surface area contributed by atoms with E-state index in [9.17, 15) is 27.6 Å². The Morgan fingerprint density at radius 2 is 1.73 bits per heavy atom. The Kier molecular flexibility index (Phi) is 10.7. The number of H-pyrrole nitrogens is 1. The van der Waals surface area contributed by atoms with Gasteiger partial charge in [-0.2, -0.15) is 0 Å². The van der Waals surface area contributed by atoms with Crippen LogP contribution >= 0.6 is 0 Å². The minimum atomic E-state index is -4.32. The molecule has 0 unspecified atom stereocenters. The highest BCUT2D eigenvalue weighted by molar-refractivity contribution is 7.90. The van der Waals surface area contributed by atoms with Crippen molar-refractivity contribution in [1.82, 2.24) is 19.9 Å². The standard InChI is InChI=1S/C46H62N4O9S/c1-7-30-22-44(30,40(54)49-60(56,57)36-16-11-15-29-17-20-47-38(29)36)24-35(52)33-23-46(43(5,6)45(46)18-12-19-45)27-50(33)39(53)32(42(2,3)4)21-34(51)37(28-13-9-8-10-14-28)48-41(55)59-31-25-58-26-31/h7,11,15-17,20,28,30-33,37,47H,1,8-10,12-14,18-19,21-27H2,2-6H3,(H,48,55)(H,49,54)/t30-,32-,33+,37+,44-,46-/m1/s1. The van der Waals surface area contributed by atoms with Gasteiger partial charge in [-0.1, -0.05) is 78.5 Å². The lowest BCUT2D eigenvalue weighted by Crippen LogP contribution is -2.52. The molecule has 14 heteroatoms. The fourth-order valence-corrected chi connectivity index (χ4v) is 13.4. The van der Waals surface area contributed by atoms with Crippen molar-refractivity contribution in [2.24, 2.45) is 44.8 Å². The predicted octanol–water partition coefficient (Wildman–Crippen LogP) is 6.62. The molecule has 2 aromatic rings. The van der Waals surface area contributed by atoms with E-state index in [1.54, 1.807) is 35.4 Å². The number of para-hydroxylation sites is 1. The summed E-state index contributed by atoms with van der Waals surface area (Å²) in [7, 11) is -4.32. The number of likely N-dealkylation sites (tertiary alicyclic amines) is 1. The number of carbonyl (C=O) groups excluding carboxylic acids is 5. The SMILES string of the molecule is C=C[C@@H]1C[C@]1(CC(=O)[C@@H]1C[C@@]2(CN1C(=O)[C@@H](CC(=O)[C@@H](NC(=O)OC1COC1)C1CCCCC1)C(C)(C)C)C(C)(C)C21CCC1)C(=O)NS(=O)(=O)c1cccc2cc[nH]c12. The lowest BCUT2D eigenvalue weighted by Gasteiger charge is -2.37. The summed E-state index contributed by atoms with van der Waals surface area (Å²) in [5.41, 5.74) is -2.11. The summed E-state index contributed by atoms with van der Waals surface area (Å²) in [5.74, 6) is -2.88. The number of benzene rings is 1. The van der Waals surface area contributed by atoms with Gasteiger partial charge in [-0.25, -0.2) is 17.9 Å². The third kappa shape index (κ3) is 6.91. The number of hydrogen-bond donors (Lipinski definition) is 3. The third-order valence-corrected chi connectivity index (χ3v) is 17.6. The molecule has 1 aromatic carbocycles. The number of nitrogens with one attached hydrogen (secondary N) is 3. The van der Waals surface area contributed by atoms with Crippen LogP contribution in [0, 0.1) is 44.8 Å². The summed E-state index contributed by atoms with van der Waals surface area (Å²) in [6, 6.07) is 4.88. The van der Waals surface area contributed by atoms with Gasteiger partial charge >= 0.3 is 6.09 Å². The van der Waals surface area contributed by atoms with Crippen LogP contribution in [0.25, 0.3) is 10.9 Å². The summed E-state index contributed by atoms with van der Waals surface area (Å²) in [6.45, 7) is 15.2. The van der Waals surface area contributed by atoms with Crippen LogP contribution in [0.1, 0.15) is 112 Å². The molecule has 326 valence electrons. The van der Waals surface area contributed by atoms with Crippen LogP contribution in [0.2, 0.25) is 0 Å². The maximum atomic E-state index is 15.3. The smallest absolute Gasteiger partial charge is 0.408 e. The van der Waals surface area contributed by atoms with Crippen molar-refractivity contribution in [1.29, 1.82) is 0 Å². The number of Topliss-reactive ketones (excluding diaryl/α,β-unsaturated/α-hetero) is 2. The molecule has 4 saturated carbocycles. The molecule has 13 nitrogen and oxygen atoms in total. The molecule has 3 N–H and O–H groups in total. The van der Waals surface area contributed by atoms with Gasteiger partial charge < -0.3 is 24.7 Å². The third-order valence-electron chi connectivity index (χ3n) is 16.3. The van der Waals surface area contributed by atoms with Crippen LogP contribution < -0.4 is 10.0 Å². The highest BCUT2D eigenvalue weighted by Gasteiger charge is 2.85. The van der Waals surface area contributed by atoms with E-state index in [1.165, 1.54) is 6.07 Å². The first-order chi connectivity index (χ1) is 28.3. The van der Waals surface area contributed by atoms with Crippen molar-refractivity contribution in [2.45, 2.75) is 135 Å². The van der Waals surface area contributed by atoms with Crippen molar-refractivity contribution in [3.8, 4) is 0 Å². The lowest BCUT2D eigenvalue weighted by atomic mass is 9.73. The maximum absolute atomic E-state index is 15.3. The van der Waals surface area contributed by atoms with Crippen LogP contribution in [0.3, 0.4) is 0 Å². The van der Waals surface area contributed by atoms with Gasteiger partial charge in [-0.3, -0.25) is 19.2 Å². The molecule has 6 fully saturated rings. The van der Waals surface area contributed by atoms with Crippen LogP contribution in [0.4, 0.5) is 4.79 Å². The number of allylic oxidation sites excluding steroid dienone is 1. The maximum Gasteiger partial charge on any atom is 0.408 e. The second-order valence-corrected chi connectivity index (χ2v) is 22.1. The van der Waals surface area contributed by atoms with Gasteiger partial charge in [0, 0.05) is 42.3 Å². The Hall–Kier alpha value is -4.04. The Labute approximate surface area is 353 Å². The normalized spacial score (nSPS) is 29.2. The number of fused-ring (bicyclic) bond motifs is 2. The number of alkyl carbamates (subject to hydrolysis) is 1. The number of ether oxygens (including phenoxy) is 2. The number of aromatic nitrogens is 1. The second kappa shape index (κ2) is 15.1. The highest BCUT2D eigenvalue weighted by atomic mass is 32.2. The number of sulfonamides is 1. The van der Waals surface area contributed by atoms with Crippen molar-refractivity contribution in [3.63, 3.8) is 0 Å². The molecule has 8 rings (SSSR count). The molecule has 2 saturated heterocycles. The average molecular weight is 847 g/mol. The fourth-order valence-electron chi connectivity index (χ4n) is 12.1. The molecule has 2 spiro atoms. The zero-order chi connectivity index (χ0) is 43.0. The first-order valence-corrected chi connectivity index (χ1v) is 23.5. The fraction of sp³-hybridized carbons (Fsp3) is 0.674. The largest absolute Gasteiger partial charge is 0.441 e. The minimum Gasteiger partial charge on any atom is -0.441 e. The Morgan fingerprint density at radius 3 is 2.32 bits per heavy atom. The molecule has 0 radical (unpaired) electrons. The monoisotopic (exact) mass is 846 g/mol. The average Bonchev–Trinajstić information content (AvgIpc) is 3.67. The Balaban J connectivity index is 1.06. The van der Waals surface area contributed by atoms with E-state index in [0.717, 1.165) is 51.4 Å². The number of carbonyl (C=O) groups is 5. The number of rotatable bonds is 14. The Morgan fingerprint density at radius 1 is 1.02 bits per heavy atom. The predicted molar refractivity (Wildman–Crippen MR) is 224 cm³/mol. The van der Waals surface area contributed by atoms with Crippen LogP contribution in [-0.4, -0.2) is 85.7 Å². The van der Waals surface area contributed by atoms with Crippen molar-refractivity contribution in [2.75, 3.05) is 19.8 Å². The molecule has 3 amide bonds. The van der Waals surface area contributed by atoms with Crippen molar-refractivity contribution < 1.29 is 41.9 Å². The molecule has 3 heterocycles. The van der Waals surface area contributed by atoms with Gasteiger partial charge in [0.15, 0.2) is 17.7 Å². The van der Waals surface area contributed by atoms with E-state index in [2.05, 4.69) is 35.4 Å². The highest BCUT2D eigenvalue weighted by Crippen LogP contribution is 2.88.